The molecule has 0 atom stereocenters. The van der Waals surface area contributed by atoms with Crippen molar-refractivity contribution in [2.45, 2.75) is 19.9 Å². The molecule has 0 spiro atoms. The van der Waals surface area contributed by atoms with Crippen molar-refractivity contribution in [3.8, 4) is 11.1 Å². The summed E-state index contributed by atoms with van der Waals surface area (Å²) in [5.74, 6) is -0.00627. The summed E-state index contributed by atoms with van der Waals surface area (Å²) in [6.07, 6.45) is 0.835. The first-order chi connectivity index (χ1) is 14.5. The van der Waals surface area contributed by atoms with Crippen LogP contribution in [-0.2, 0) is 13.0 Å². The van der Waals surface area contributed by atoms with E-state index in [-0.39, 0.29) is 11.9 Å². The van der Waals surface area contributed by atoms with E-state index in [9.17, 15) is 9.59 Å². The van der Waals surface area contributed by atoms with Gasteiger partial charge in [0.2, 0.25) is 0 Å². The Morgan fingerprint density at radius 1 is 1.00 bits per heavy atom. The monoisotopic (exact) mass is 399 g/mol. The van der Waals surface area contributed by atoms with E-state index in [0.717, 1.165) is 35.2 Å². The molecule has 5 heteroatoms. The predicted octanol–water partition coefficient (Wildman–Crippen LogP) is 4.61. The molecule has 3 amide bonds. The van der Waals surface area contributed by atoms with E-state index in [1.54, 1.807) is 18.0 Å². The lowest BCUT2D eigenvalue weighted by Crippen LogP contribution is -2.34. The number of carbonyl (C=O) groups is 2. The molecule has 2 N–H and O–H groups in total. The second-order valence-corrected chi connectivity index (χ2v) is 7.72. The fourth-order valence-corrected chi connectivity index (χ4v) is 3.63. The highest BCUT2D eigenvalue weighted by Crippen LogP contribution is 2.23. The lowest BCUT2D eigenvalue weighted by atomic mass is 9.99. The van der Waals surface area contributed by atoms with Crippen molar-refractivity contribution in [1.29, 1.82) is 0 Å². The van der Waals surface area contributed by atoms with Gasteiger partial charge in [-0.15, -0.1) is 0 Å². The SMILES string of the molecule is Cc1ccc(-c2cccc(CNC(=O)Nc3ccc4c(c3)C(=O)N(C)CC4)c2)cc1. The summed E-state index contributed by atoms with van der Waals surface area (Å²) in [6.45, 7) is 3.21. The average Bonchev–Trinajstić information content (AvgIpc) is 2.76. The van der Waals surface area contributed by atoms with E-state index in [2.05, 4.69) is 54.0 Å². The Morgan fingerprint density at radius 2 is 1.80 bits per heavy atom. The third kappa shape index (κ3) is 4.35. The molecule has 0 aromatic heterocycles. The van der Waals surface area contributed by atoms with E-state index in [0.29, 0.717) is 17.8 Å². The fraction of sp³-hybridized carbons (Fsp3) is 0.200. The zero-order valence-corrected chi connectivity index (χ0v) is 17.2. The normalized spacial score (nSPS) is 13.0. The van der Waals surface area contributed by atoms with Crippen LogP contribution in [0.1, 0.15) is 27.0 Å². The van der Waals surface area contributed by atoms with E-state index >= 15 is 0 Å². The van der Waals surface area contributed by atoms with Crippen molar-refractivity contribution >= 4 is 17.6 Å². The smallest absolute Gasteiger partial charge is 0.319 e. The molecule has 0 fully saturated rings. The maximum Gasteiger partial charge on any atom is 0.319 e. The molecule has 1 heterocycles. The van der Waals surface area contributed by atoms with Gasteiger partial charge in [-0.2, -0.15) is 0 Å². The van der Waals surface area contributed by atoms with Crippen LogP contribution >= 0.6 is 0 Å². The standard InChI is InChI=1S/C25H25N3O2/c1-17-6-8-19(9-7-17)21-5-3-4-18(14-21)16-26-25(30)27-22-11-10-20-12-13-28(2)24(29)23(20)15-22/h3-11,14-15H,12-13,16H2,1-2H3,(H2,26,27,30). The van der Waals surface area contributed by atoms with Gasteiger partial charge in [0, 0.05) is 31.4 Å². The first-order valence-electron chi connectivity index (χ1n) is 10.1. The van der Waals surface area contributed by atoms with E-state index in [1.165, 1.54) is 5.56 Å². The van der Waals surface area contributed by atoms with Gasteiger partial charge >= 0.3 is 6.03 Å². The molecule has 1 aliphatic rings. The van der Waals surface area contributed by atoms with Crippen molar-refractivity contribution < 1.29 is 9.59 Å². The number of nitrogens with one attached hydrogen (secondary N) is 2. The van der Waals surface area contributed by atoms with Gasteiger partial charge in [0.05, 0.1) is 0 Å². The molecule has 152 valence electrons. The van der Waals surface area contributed by atoms with Crippen LogP contribution in [0.4, 0.5) is 10.5 Å². The molecular formula is C25H25N3O2. The molecule has 0 aliphatic carbocycles. The van der Waals surface area contributed by atoms with Crippen LogP contribution in [0, 0.1) is 6.92 Å². The number of rotatable bonds is 4. The quantitative estimate of drug-likeness (QED) is 0.673. The number of nitrogens with zero attached hydrogens (tertiary/aromatic N) is 1. The maximum absolute atomic E-state index is 12.4. The fourth-order valence-electron chi connectivity index (χ4n) is 3.63. The van der Waals surface area contributed by atoms with Gasteiger partial charge in [-0.3, -0.25) is 4.79 Å². The lowest BCUT2D eigenvalue weighted by molar-refractivity contribution is 0.0781. The number of carbonyl (C=O) groups excluding carboxylic acids is 2. The van der Waals surface area contributed by atoms with Crippen LogP contribution < -0.4 is 10.6 Å². The third-order valence-corrected chi connectivity index (χ3v) is 5.43. The highest BCUT2D eigenvalue weighted by Gasteiger charge is 2.21. The van der Waals surface area contributed by atoms with Gasteiger partial charge in [0.25, 0.3) is 5.91 Å². The van der Waals surface area contributed by atoms with E-state index in [1.807, 2.05) is 24.3 Å². The number of hydrogen-bond donors (Lipinski definition) is 2. The van der Waals surface area contributed by atoms with Crippen LogP contribution in [-0.4, -0.2) is 30.4 Å². The van der Waals surface area contributed by atoms with Crippen LogP contribution in [0.15, 0.2) is 66.7 Å². The summed E-state index contributed by atoms with van der Waals surface area (Å²) in [6, 6.07) is 21.7. The molecule has 4 rings (SSSR count). The summed E-state index contributed by atoms with van der Waals surface area (Å²) >= 11 is 0. The van der Waals surface area contributed by atoms with Crippen molar-refractivity contribution in [2.75, 3.05) is 18.9 Å². The highest BCUT2D eigenvalue weighted by molar-refractivity contribution is 5.99. The van der Waals surface area contributed by atoms with Gasteiger partial charge in [-0.25, -0.2) is 4.79 Å². The molecule has 5 nitrogen and oxygen atoms in total. The summed E-state index contributed by atoms with van der Waals surface area (Å²) < 4.78 is 0. The molecule has 0 radical (unpaired) electrons. The highest BCUT2D eigenvalue weighted by atomic mass is 16.2. The molecule has 0 bridgehead atoms. The largest absolute Gasteiger partial charge is 0.341 e. The van der Waals surface area contributed by atoms with Crippen LogP contribution in [0.2, 0.25) is 0 Å². The molecule has 3 aromatic rings. The van der Waals surface area contributed by atoms with E-state index < -0.39 is 0 Å². The zero-order valence-electron chi connectivity index (χ0n) is 17.2. The van der Waals surface area contributed by atoms with Gasteiger partial charge < -0.3 is 15.5 Å². The topological polar surface area (TPSA) is 61.4 Å². The molecular weight excluding hydrogens is 374 g/mol. The Balaban J connectivity index is 1.39. The first kappa shape index (κ1) is 19.7. The molecule has 30 heavy (non-hydrogen) atoms. The number of anilines is 1. The zero-order chi connectivity index (χ0) is 21.1. The van der Waals surface area contributed by atoms with Gasteiger partial charge in [-0.05, 0) is 53.8 Å². The minimum Gasteiger partial charge on any atom is -0.341 e. The first-order valence-corrected chi connectivity index (χ1v) is 10.1. The number of likely N-dealkylation sites (N-methyl/N-ethyl adjacent to an activating group) is 1. The molecule has 0 saturated carbocycles. The second-order valence-electron chi connectivity index (χ2n) is 7.72. The van der Waals surface area contributed by atoms with Crippen LogP contribution in [0.5, 0.6) is 0 Å². The lowest BCUT2D eigenvalue weighted by Gasteiger charge is -2.25. The minimum absolute atomic E-state index is 0.00627. The molecule has 0 unspecified atom stereocenters. The van der Waals surface area contributed by atoms with Crippen molar-refractivity contribution in [3.63, 3.8) is 0 Å². The van der Waals surface area contributed by atoms with Gasteiger partial charge in [0.1, 0.15) is 0 Å². The van der Waals surface area contributed by atoms with Crippen molar-refractivity contribution in [3.05, 3.63) is 89.0 Å². The van der Waals surface area contributed by atoms with Crippen LogP contribution in [0.3, 0.4) is 0 Å². The minimum atomic E-state index is -0.299. The van der Waals surface area contributed by atoms with E-state index in [4.69, 9.17) is 0 Å². The predicted molar refractivity (Wildman–Crippen MR) is 120 cm³/mol. The Hall–Kier alpha value is -3.60. The molecule has 0 saturated heterocycles. The Morgan fingerprint density at radius 3 is 2.60 bits per heavy atom. The number of fused-ring (bicyclic) bond motifs is 1. The Kier molecular flexibility index (Phi) is 5.53. The van der Waals surface area contributed by atoms with Gasteiger partial charge in [0.15, 0.2) is 0 Å². The maximum atomic E-state index is 12.4. The molecule has 1 aliphatic heterocycles. The summed E-state index contributed by atoms with van der Waals surface area (Å²) in [5, 5.41) is 5.72. The molecule has 3 aromatic carbocycles. The van der Waals surface area contributed by atoms with Crippen LogP contribution in [0.25, 0.3) is 11.1 Å². The third-order valence-electron chi connectivity index (χ3n) is 5.43. The summed E-state index contributed by atoms with van der Waals surface area (Å²) in [7, 11) is 1.79. The number of amides is 3. The van der Waals surface area contributed by atoms with Crippen molar-refractivity contribution in [2.24, 2.45) is 0 Å². The summed E-state index contributed by atoms with van der Waals surface area (Å²) in [5.41, 5.74) is 6.81. The Labute approximate surface area is 176 Å². The average molecular weight is 399 g/mol. The Bertz CT molecular complexity index is 1090. The second kappa shape index (κ2) is 8.41. The van der Waals surface area contributed by atoms with Gasteiger partial charge in [-0.1, -0.05) is 54.1 Å². The number of urea groups is 1. The number of aryl methyl sites for hydroxylation is 1. The number of hydrogen-bond acceptors (Lipinski definition) is 2. The number of benzene rings is 3. The summed E-state index contributed by atoms with van der Waals surface area (Å²) in [4.78, 5) is 26.4. The van der Waals surface area contributed by atoms with Crippen molar-refractivity contribution in [1.82, 2.24) is 10.2 Å².